The van der Waals surface area contributed by atoms with Gasteiger partial charge in [0, 0.05) is 6.54 Å². The van der Waals surface area contributed by atoms with E-state index in [2.05, 4.69) is 35.6 Å². The molecule has 0 saturated carbocycles. The average Bonchev–Trinajstić information content (AvgIpc) is 2.64. The van der Waals surface area contributed by atoms with Crippen LogP contribution in [0.3, 0.4) is 0 Å². The van der Waals surface area contributed by atoms with Crippen molar-refractivity contribution in [2.45, 2.75) is 33.6 Å². The lowest BCUT2D eigenvalue weighted by Crippen LogP contribution is -2.45. The van der Waals surface area contributed by atoms with Gasteiger partial charge in [0.15, 0.2) is 22.5 Å². The van der Waals surface area contributed by atoms with Crippen LogP contribution >= 0.6 is 11.6 Å². The molecule has 0 unspecified atom stereocenters. The quantitative estimate of drug-likeness (QED) is 0.287. The minimum atomic E-state index is -1.04. The molecule has 0 aromatic carbocycles. The maximum Gasteiger partial charge on any atom is 0.436 e. The molecule has 0 fully saturated rings. The Morgan fingerprint density at radius 2 is 1.79 bits per heavy atom. The first-order valence-electron chi connectivity index (χ1n) is 8.89. The van der Waals surface area contributed by atoms with Crippen molar-refractivity contribution in [3.05, 3.63) is 10.8 Å². The van der Waals surface area contributed by atoms with Gasteiger partial charge >= 0.3 is 12.2 Å². The maximum absolute atomic E-state index is 12.5. The summed E-state index contributed by atoms with van der Waals surface area (Å²) in [6.07, 6.45) is -0.132. The Morgan fingerprint density at radius 1 is 1.10 bits per heavy atom. The van der Waals surface area contributed by atoms with Crippen molar-refractivity contribution >= 4 is 47.3 Å². The van der Waals surface area contributed by atoms with E-state index in [1.165, 1.54) is 0 Å². The molecule has 1 aromatic heterocycles. The molecular weight excluding hydrogens is 406 g/mol. The van der Waals surface area contributed by atoms with Gasteiger partial charge in [-0.2, -0.15) is 0 Å². The van der Waals surface area contributed by atoms with Crippen LogP contribution in [0.5, 0.6) is 0 Å². The number of aromatic nitrogens is 2. The van der Waals surface area contributed by atoms with Crippen LogP contribution in [0.4, 0.5) is 21.2 Å². The first kappa shape index (κ1) is 23.9. The van der Waals surface area contributed by atoms with Gasteiger partial charge in [0.05, 0.1) is 13.2 Å². The van der Waals surface area contributed by atoms with Crippen molar-refractivity contribution in [1.29, 1.82) is 0 Å². The Bertz CT molecular complexity index is 772. The van der Waals surface area contributed by atoms with Gasteiger partial charge in [-0.15, -0.1) is 4.99 Å². The minimum Gasteiger partial charge on any atom is -0.450 e. The molecular formula is C16H24ClN7O5. The molecule has 5 N–H and O–H groups in total. The molecule has 0 saturated heterocycles. The van der Waals surface area contributed by atoms with E-state index < -0.39 is 24.1 Å². The molecule has 3 amide bonds. The van der Waals surface area contributed by atoms with Crippen LogP contribution in [0.25, 0.3) is 0 Å². The van der Waals surface area contributed by atoms with E-state index in [1.807, 2.05) is 6.92 Å². The fraction of sp³-hybridized carbons (Fsp3) is 0.500. The van der Waals surface area contributed by atoms with Crippen LogP contribution in [0.1, 0.15) is 44.1 Å². The molecule has 29 heavy (non-hydrogen) atoms. The highest BCUT2D eigenvalue weighted by atomic mass is 35.5. The number of halogens is 1. The maximum atomic E-state index is 12.5. The Kier molecular flexibility index (Phi) is 10.2. The summed E-state index contributed by atoms with van der Waals surface area (Å²) in [5.41, 5.74) is 5.47. The molecule has 12 nitrogen and oxygen atoms in total. The number of aliphatic imine (C=N–C) groups is 1. The van der Waals surface area contributed by atoms with Gasteiger partial charge in [-0.3, -0.25) is 15.4 Å². The van der Waals surface area contributed by atoms with E-state index in [9.17, 15) is 14.4 Å². The third-order valence-electron chi connectivity index (χ3n) is 3.12. The van der Waals surface area contributed by atoms with E-state index in [0.29, 0.717) is 6.54 Å². The van der Waals surface area contributed by atoms with Gasteiger partial charge in [-0.25, -0.2) is 19.6 Å². The second kappa shape index (κ2) is 12.3. The number of hydrogen-bond donors (Lipinski definition) is 4. The van der Waals surface area contributed by atoms with E-state index >= 15 is 0 Å². The summed E-state index contributed by atoms with van der Waals surface area (Å²) in [6, 6.07) is 0. The zero-order valence-electron chi connectivity index (χ0n) is 16.4. The molecule has 1 rings (SSSR count). The topological polar surface area (TPSA) is 170 Å². The second-order valence-electron chi connectivity index (χ2n) is 5.34. The minimum absolute atomic E-state index is 0.0451. The number of amides is 3. The summed E-state index contributed by atoms with van der Waals surface area (Å²) in [7, 11) is 0. The Labute approximate surface area is 172 Å². The zero-order valence-corrected chi connectivity index (χ0v) is 17.1. The summed E-state index contributed by atoms with van der Waals surface area (Å²) >= 11 is 6.05. The Balaban J connectivity index is 3.01. The average molecular weight is 430 g/mol. The molecule has 13 heteroatoms. The lowest BCUT2D eigenvalue weighted by Gasteiger charge is -2.12. The summed E-state index contributed by atoms with van der Waals surface area (Å²) in [5, 5.41) is 7.20. The highest BCUT2D eigenvalue weighted by Gasteiger charge is 2.20. The number of hydrogen-bond acceptors (Lipinski definition) is 9. The Hall–Kier alpha value is -3.15. The number of nitrogens with zero attached hydrogens (tertiary/aromatic N) is 3. The van der Waals surface area contributed by atoms with Crippen molar-refractivity contribution in [3.8, 4) is 0 Å². The van der Waals surface area contributed by atoms with Gasteiger partial charge < -0.3 is 20.5 Å². The second-order valence-corrected chi connectivity index (χ2v) is 5.69. The lowest BCUT2D eigenvalue weighted by molar-refractivity contribution is 0.0971. The number of rotatable bonds is 7. The number of alkyl carbamates (subject to hydrolysis) is 1. The number of nitrogen functional groups attached to an aromatic ring is 1. The van der Waals surface area contributed by atoms with E-state index in [0.717, 1.165) is 12.8 Å². The number of nitrogens with two attached hydrogens (primary N) is 1. The van der Waals surface area contributed by atoms with Crippen LogP contribution < -0.4 is 21.7 Å². The van der Waals surface area contributed by atoms with Crippen molar-refractivity contribution in [1.82, 2.24) is 20.6 Å². The SMILES string of the molecule is CCCCNc1nc(N)c(C(=O)N/C(=N\C(=O)OCC)NC(=O)OCC)nc1Cl. The molecule has 0 radical (unpaired) electrons. The first-order valence-corrected chi connectivity index (χ1v) is 9.27. The van der Waals surface area contributed by atoms with Crippen LogP contribution in [0, 0.1) is 0 Å². The molecule has 0 bridgehead atoms. The normalized spacial score (nSPS) is 10.8. The molecule has 0 atom stereocenters. The summed E-state index contributed by atoms with van der Waals surface area (Å²) in [4.78, 5) is 47.0. The van der Waals surface area contributed by atoms with Crippen molar-refractivity contribution < 1.29 is 23.9 Å². The Morgan fingerprint density at radius 3 is 2.41 bits per heavy atom. The van der Waals surface area contributed by atoms with Crippen molar-refractivity contribution in [2.24, 2.45) is 4.99 Å². The van der Waals surface area contributed by atoms with Gasteiger partial charge in [0.25, 0.3) is 5.91 Å². The van der Waals surface area contributed by atoms with Gasteiger partial charge in [0.2, 0.25) is 5.96 Å². The summed E-state index contributed by atoms with van der Waals surface area (Å²) in [6.45, 7) is 5.89. The van der Waals surface area contributed by atoms with Crippen LogP contribution in [0.2, 0.25) is 5.15 Å². The third kappa shape index (κ3) is 8.17. The van der Waals surface area contributed by atoms with Gasteiger partial charge in [0.1, 0.15) is 0 Å². The highest BCUT2D eigenvalue weighted by Crippen LogP contribution is 2.20. The number of unbranched alkanes of at least 4 members (excludes halogenated alkanes) is 1. The molecule has 160 valence electrons. The lowest BCUT2D eigenvalue weighted by atomic mass is 10.3. The number of guanidine groups is 1. The van der Waals surface area contributed by atoms with Crippen LogP contribution in [-0.2, 0) is 9.47 Å². The predicted octanol–water partition coefficient (Wildman–Crippen LogP) is 1.91. The zero-order chi connectivity index (χ0) is 21.8. The van der Waals surface area contributed by atoms with Crippen LogP contribution in [0.15, 0.2) is 4.99 Å². The molecule has 0 aliphatic heterocycles. The fourth-order valence-corrected chi connectivity index (χ4v) is 2.05. The van der Waals surface area contributed by atoms with Crippen molar-refractivity contribution in [3.63, 3.8) is 0 Å². The number of nitrogens with one attached hydrogen (secondary N) is 3. The number of carbonyl (C=O) groups is 3. The summed E-state index contributed by atoms with van der Waals surface area (Å²) in [5.74, 6) is -1.41. The molecule has 1 heterocycles. The largest absolute Gasteiger partial charge is 0.450 e. The van der Waals surface area contributed by atoms with Crippen molar-refractivity contribution in [2.75, 3.05) is 30.8 Å². The van der Waals surface area contributed by atoms with Crippen LogP contribution in [-0.4, -0.2) is 53.8 Å². The smallest absolute Gasteiger partial charge is 0.436 e. The number of ether oxygens (including phenoxy) is 2. The van der Waals surface area contributed by atoms with Gasteiger partial charge in [-0.1, -0.05) is 24.9 Å². The van der Waals surface area contributed by atoms with E-state index in [1.54, 1.807) is 13.8 Å². The number of carbonyl (C=O) groups excluding carboxylic acids is 3. The summed E-state index contributed by atoms with van der Waals surface area (Å²) < 4.78 is 9.34. The molecule has 0 spiro atoms. The third-order valence-corrected chi connectivity index (χ3v) is 3.38. The van der Waals surface area contributed by atoms with Gasteiger partial charge in [-0.05, 0) is 20.3 Å². The standard InChI is InChI=1S/C16H24ClN7O5/c1-4-7-8-19-12-10(17)20-9(11(18)21-12)13(25)22-14(23-15(26)28-5-2)24-16(27)29-6-3/h4-8H2,1-3H3,(H3,18,19,21)(H2,22,23,24,25,26,27). The number of anilines is 2. The highest BCUT2D eigenvalue weighted by molar-refractivity contribution is 6.32. The first-order chi connectivity index (χ1) is 13.8. The fourth-order valence-electron chi connectivity index (χ4n) is 1.86. The molecule has 1 aromatic rings. The van der Waals surface area contributed by atoms with E-state index in [4.69, 9.17) is 22.1 Å². The molecule has 0 aliphatic rings. The van der Waals surface area contributed by atoms with E-state index in [-0.39, 0.29) is 35.7 Å². The monoisotopic (exact) mass is 429 g/mol. The molecule has 0 aliphatic carbocycles. The predicted molar refractivity (Wildman–Crippen MR) is 107 cm³/mol.